The van der Waals surface area contributed by atoms with Gasteiger partial charge < -0.3 is 16.0 Å². The number of fused-ring (bicyclic) bond motifs is 1. The predicted molar refractivity (Wildman–Crippen MR) is 80.3 cm³/mol. The molecule has 3 N–H and O–H groups in total. The number of carbonyl (C=O) groups excluding carboxylic acids is 1. The lowest BCUT2D eigenvalue weighted by Gasteiger charge is -2.36. The Hall–Kier alpha value is -0.610. The van der Waals surface area contributed by atoms with Gasteiger partial charge in [0.05, 0.1) is 0 Å². The first-order chi connectivity index (χ1) is 9.76. The lowest BCUT2D eigenvalue weighted by Crippen LogP contribution is -2.49. The van der Waals surface area contributed by atoms with E-state index in [4.69, 9.17) is 5.73 Å². The summed E-state index contributed by atoms with van der Waals surface area (Å²) in [7, 11) is 0. The minimum Gasteiger partial charge on any atom is -0.353 e. The molecule has 1 aliphatic carbocycles. The van der Waals surface area contributed by atoms with E-state index in [1.807, 2.05) is 0 Å². The quantitative estimate of drug-likeness (QED) is 0.823. The van der Waals surface area contributed by atoms with Gasteiger partial charge in [0.15, 0.2) is 0 Å². The molecule has 4 heteroatoms. The Kier molecular flexibility index (Phi) is 4.61. The summed E-state index contributed by atoms with van der Waals surface area (Å²) in [4.78, 5) is 15.0. The molecule has 3 rings (SSSR count). The molecule has 1 saturated carbocycles. The molecule has 114 valence electrons. The van der Waals surface area contributed by atoms with Crippen LogP contribution < -0.4 is 11.1 Å². The van der Waals surface area contributed by atoms with Gasteiger partial charge in [0.2, 0.25) is 5.91 Å². The molecular formula is C16H29N3O. The average molecular weight is 279 g/mol. The van der Waals surface area contributed by atoms with E-state index < -0.39 is 0 Å². The minimum atomic E-state index is 0.249. The first kappa shape index (κ1) is 14.3. The van der Waals surface area contributed by atoms with Crippen molar-refractivity contribution in [2.75, 3.05) is 19.6 Å². The van der Waals surface area contributed by atoms with Gasteiger partial charge in [-0.2, -0.15) is 0 Å². The molecule has 2 atom stereocenters. The van der Waals surface area contributed by atoms with Crippen molar-refractivity contribution < 1.29 is 4.79 Å². The van der Waals surface area contributed by atoms with Gasteiger partial charge in [0.1, 0.15) is 0 Å². The van der Waals surface area contributed by atoms with Gasteiger partial charge in [-0.15, -0.1) is 0 Å². The van der Waals surface area contributed by atoms with Crippen LogP contribution in [0.1, 0.15) is 51.4 Å². The first-order valence-electron chi connectivity index (χ1n) is 8.50. The zero-order chi connectivity index (χ0) is 13.9. The van der Waals surface area contributed by atoms with E-state index in [1.54, 1.807) is 0 Å². The maximum atomic E-state index is 12.4. The summed E-state index contributed by atoms with van der Waals surface area (Å²) in [5.41, 5.74) is 5.72. The summed E-state index contributed by atoms with van der Waals surface area (Å²) in [6, 6.07) is 1.16. The van der Waals surface area contributed by atoms with Crippen LogP contribution in [0.4, 0.5) is 0 Å². The maximum Gasteiger partial charge on any atom is 0.223 e. The Labute approximate surface area is 122 Å². The topological polar surface area (TPSA) is 58.4 Å². The van der Waals surface area contributed by atoms with Gasteiger partial charge in [0.25, 0.3) is 0 Å². The van der Waals surface area contributed by atoms with E-state index in [9.17, 15) is 4.79 Å². The van der Waals surface area contributed by atoms with Crippen LogP contribution in [0.3, 0.4) is 0 Å². The van der Waals surface area contributed by atoms with Gasteiger partial charge in [-0.1, -0.05) is 0 Å². The lowest BCUT2D eigenvalue weighted by molar-refractivity contribution is -0.127. The normalized spacial score (nSPS) is 38.5. The van der Waals surface area contributed by atoms with Gasteiger partial charge in [0, 0.05) is 24.5 Å². The SMILES string of the molecule is NCC1CCC(C(=O)NC2CCN3CCCC3C2)CC1. The third kappa shape index (κ3) is 3.17. The van der Waals surface area contributed by atoms with Crippen LogP contribution in [0.25, 0.3) is 0 Å². The number of piperidine rings is 1. The third-order valence-electron chi connectivity index (χ3n) is 5.72. The fraction of sp³-hybridized carbons (Fsp3) is 0.938. The summed E-state index contributed by atoms with van der Waals surface area (Å²) >= 11 is 0. The molecule has 0 radical (unpaired) electrons. The van der Waals surface area contributed by atoms with Crippen LogP contribution in [0.5, 0.6) is 0 Å². The molecule has 3 fully saturated rings. The van der Waals surface area contributed by atoms with Gasteiger partial charge in [-0.3, -0.25) is 4.79 Å². The van der Waals surface area contributed by atoms with Gasteiger partial charge >= 0.3 is 0 Å². The molecule has 2 aliphatic heterocycles. The zero-order valence-corrected chi connectivity index (χ0v) is 12.5. The number of carbonyl (C=O) groups is 1. The third-order valence-corrected chi connectivity index (χ3v) is 5.72. The molecule has 2 unspecified atom stereocenters. The maximum absolute atomic E-state index is 12.4. The number of amides is 1. The highest BCUT2D eigenvalue weighted by molar-refractivity contribution is 5.79. The van der Waals surface area contributed by atoms with E-state index in [0.717, 1.165) is 44.7 Å². The van der Waals surface area contributed by atoms with Crippen molar-refractivity contribution in [2.45, 2.75) is 63.5 Å². The van der Waals surface area contributed by atoms with Crippen molar-refractivity contribution in [2.24, 2.45) is 17.6 Å². The van der Waals surface area contributed by atoms with Gasteiger partial charge in [-0.05, 0) is 70.4 Å². The highest BCUT2D eigenvalue weighted by Gasteiger charge is 2.33. The van der Waals surface area contributed by atoms with Crippen molar-refractivity contribution in [1.82, 2.24) is 10.2 Å². The van der Waals surface area contributed by atoms with Crippen LogP contribution in [0, 0.1) is 11.8 Å². The van der Waals surface area contributed by atoms with E-state index >= 15 is 0 Å². The summed E-state index contributed by atoms with van der Waals surface area (Å²) in [5, 5.41) is 3.34. The standard InChI is InChI=1S/C16H29N3O/c17-11-12-3-5-13(6-4-12)16(20)18-14-7-9-19-8-1-2-15(19)10-14/h12-15H,1-11,17H2,(H,18,20). The molecule has 3 aliphatic rings. The molecule has 4 nitrogen and oxygen atoms in total. The monoisotopic (exact) mass is 279 g/mol. The Morgan fingerprint density at radius 1 is 1.10 bits per heavy atom. The zero-order valence-electron chi connectivity index (χ0n) is 12.5. The fourth-order valence-electron chi connectivity index (χ4n) is 4.33. The molecule has 0 aromatic carbocycles. The summed E-state index contributed by atoms with van der Waals surface area (Å²) in [5.74, 6) is 1.22. The smallest absolute Gasteiger partial charge is 0.223 e. The lowest BCUT2D eigenvalue weighted by atomic mass is 9.81. The average Bonchev–Trinajstić information content (AvgIpc) is 2.95. The largest absolute Gasteiger partial charge is 0.353 e. The second-order valence-electron chi connectivity index (χ2n) is 7.02. The molecule has 0 spiro atoms. The Balaban J connectivity index is 1.45. The van der Waals surface area contributed by atoms with Crippen LogP contribution in [0.2, 0.25) is 0 Å². The van der Waals surface area contributed by atoms with Crippen molar-refractivity contribution in [3.8, 4) is 0 Å². The predicted octanol–water partition coefficient (Wildman–Crippen LogP) is 1.49. The molecule has 0 aromatic rings. The van der Waals surface area contributed by atoms with Gasteiger partial charge in [-0.25, -0.2) is 0 Å². The number of nitrogens with zero attached hydrogens (tertiary/aromatic N) is 1. The van der Waals surface area contributed by atoms with Crippen molar-refractivity contribution in [3.63, 3.8) is 0 Å². The minimum absolute atomic E-state index is 0.249. The fourth-order valence-corrected chi connectivity index (χ4v) is 4.33. The molecule has 2 heterocycles. The molecular weight excluding hydrogens is 250 g/mol. The second-order valence-corrected chi connectivity index (χ2v) is 7.02. The summed E-state index contributed by atoms with van der Waals surface area (Å²) < 4.78 is 0. The number of hydrogen-bond donors (Lipinski definition) is 2. The summed E-state index contributed by atoms with van der Waals surface area (Å²) in [6.45, 7) is 3.23. The summed E-state index contributed by atoms with van der Waals surface area (Å²) in [6.07, 6.45) is 9.32. The van der Waals surface area contributed by atoms with E-state index in [2.05, 4.69) is 10.2 Å². The number of rotatable bonds is 3. The number of nitrogens with one attached hydrogen (secondary N) is 1. The van der Waals surface area contributed by atoms with E-state index in [-0.39, 0.29) is 5.92 Å². The Morgan fingerprint density at radius 3 is 2.65 bits per heavy atom. The Morgan fingerprint density at radius 2 is 1.90 bits per heavy atom. The molecule has 1 amide bonds. The molecule has 0 bridgehead atoms. The number of hydrogen-bond acceptors (Lipinski definition) is 3. The van der Waals surface area contributed by atoms with Crippen molar-refractivity contribution >= 4 is 5.91 Å². The Bertz CT molecular complexity index is 339. The highest BCUT2D eigenvalue weighted by Crippen LogP contribution is 2.30. The van der Waals surface area contributed by atoms with Crippen molar-refractivity contribution in [1.29, 1.82) is 0 Å². The highest BCUT2D eigenvalue weighted by atomic mass is 16.1. The van der Waals surface area contributed by atoms with Crippen LogP contribution in [-0.4, -0.2) is 42.5 Å². The van der Waals surface area contributed by atoms with E-state index in [0.29, 0.717) is 17.9 Å². The van der Waals surface area contributed by atoms with Crippen LogP contribution >= 0.6 is 0 Å². The van der Waals surface area contributed by atoms with Crippen molar-refractivity contribution in [3.05, 3.63) is 0 Å². The van der Waals surface area contributed by atoms with Crippen LogP contribution in [0.15, 0.2) is 0 Å². The second kappa shape index (κ2) is 6.44. The van der Waals surface area contributed by atoms with E-state index in [1.165, 1.54) is 32.4 Å². The molecule has 0 aromatic heterocycles. The van der Waals surface area contributed by atoms with Crippen LogP contribution in [-0.2, 0) is 4.79 Å². The molecule has 20 heavy (non-hydrogen) atoms. The number of nitrogens with two attached hydrogens (primary N) is 1. The first-order valence-corrected chi connectivity index (χ1v) is 8.50. The molecule has 2 saturated heterocycles.